The first-order valence-electron chi connectivity index (χ1n) is 7.22. The SMILES string of the molecule is O=C(CN1CCCC1Cn1cccn1)Nc1ccncc1. The Kier molecular flexibility index (Phi) is 4.25. The fourth-order valence-electron chi connectivity index (χ4n) is 2.75. The van der Waals surface area contributed by atoms with E-state index in [1.807, 2.05) is 16.9 Å². The van der Waals surface area contributed by atoms with Gasteiger partial charge in [0.1, 0.15) is 0 Å². The smallest absolute Gasteiger partial charge is 0.238 e. The predicted molar refractivity (Wildman–Crippen MR) is 79.7 cm³/mol. The molecule has 3 heterocycles. The number of nitrogens with one attached hydrogen (secondary N) is 1. The van der Waals surface area contributed by atoms with Crippen molar-refractivity contribution in [3.05, 3.63) is 43.0 Å². The van der Waals surface area contributed by atoms with Gasteiger partial charge in [-0.2, -0.15) is 5.10 Å². The summed E-state index contributed by atoms with van der Waals surface area (Å²) >= 11 is 0. The summed E-state index contributed by atoms with van der Waals surface area (Å²) in [4.78, 5) is 18.3. The van der Waals surface area contributed by atoms with Gasteiger partial charge in [-0.1, -0.05) is 0 Å². The van der Waals surface area contributed by atoms with E-state index >= 15 is 0 Å². The lowest BCUT2D eigenvalue weighted by Gasteiger charge is -2.23. The fraction of sp³-hybridized carbons (Fsp3) is 0.400. The van der Waals surface area contributed by atoms with Gasteiger partial charge in [0.25, 0.3) is 0 Å². The Morgan fingerprint density at radius 2 is 2.19 bits per heavy atom. The van der Waals surface area contributed by atoms with Crippen molar-refractivity contribution in [1.82, 2.24) is 19.7 Å². The molecule has 0 aliphatic carbocycles. The number of aromatic nitrogens is 3. The molecule has 0 spiro atoms. The van der Waals surface area contributed by atoms with Crippen molar-refractivity contribution < 1.29 is 4.79 Å². The normalized spacial score (nSPS) is 18.8. The van der Waals surface area contributed by atoms with Crippen LogP contribution in [0.3, 0.4) is 0 Å². The number of hydrogen-bond acceptors (Lipinski definition) is 4. The topological polar surface area (TPSA) is 63.1 Å². The average molecular weight is 285 g/mol. The number of hydrogen-bond donors (Lipinski definition) is 1. The number of amides is 1. The van der Waals surface area contributed by atoms with Crippen molar-refractivity contribution in [1.29, 1.82) is 0 Å². The Hall–Kier alpha value is -2.21. The zero-order valence-corrected chi connectivity index (χ0v) is 11.9. The first-order valence-corrected chi connectivity index (χ1v) is 7.22. The molecule has 2 aromatic heterocycles. The quantitative estimate of drug-likeness (QED) is 0.901. The van der Waals surface area contributed by atoms with E-state index in [4.69, 9.17) is 0 Å². The highest BCUT2D eigenvalue weighted by atomic mass is 16.2. The van der Waals surface area contributed by atoms with Crippen molar-refractivity contribution in [2.75, 3.05) is 18.4 Å². The van der Waals surface area contributed by atoms with Crippen molar-refractivity contribution in [3.63, 3.8) is 0 Å². The summed E-state index contributed by atoms with van der Waals surface area (Å²) < 4.78 is 1.93. The molecular weight excluding hydrogens is 266 g/mol. The summed E-state index contributed by atoms with van der Waals surface area (Å²) in [6.45, 7) is 2.24. The van der Waals surface area contributed by atoms with Gasteiger partial charge >= 0.3 is 0 Å². The van der Waals surface area contributed by atoms with Gasteiger partial charge in [-0.25, -0.2) is 0 Å². The monoisotopic (exact) mass is 285 g/mol. The molecule has 6 nitrogen and oxygen atoms in total. The summed E-state index contributed by atoms with van der Waals surface area (Å²) in [6.07, 6.45) is 9.35. The highest BCUT2D eigenvalue weighted by Crippen LogP contribution is 2.18. The second-order valence-corrected chi connectivity index (χ2v) is 5.28. The molecule has 21 heavy (non-hydrogen) atoms. The zero-order valence-electron chi connectivity index (χ0n) is 11.9. The van der Waals surface area contributed by atoms with E-state index in [1.54, 1.807) is 30.7 Å². The first-order chi connectivity index (χ1) is 10.3. The molecule has 1 unspecified atom stereocenters. The molecule has 3 rings (SSSR count). The second-order valence-electron chi connectivity index (χ2n) is 5.28. The van der Waals surface area contributed by atoms with E-state index in [-0.39, 0.29) is 5.91 Å². The summed E-state index contributed by atoms with van der Waals surface area (Å²) in [5.41, 5.74) is 0.790. The summed E-state index contributed by atoms with van der Waals surface area (Å²) in [5.74, 6) is 0.0218. The number of nitrogens with zero attached hydrogens (tertiary/aromatic N) is 4. The lowest BCUT2D eigenvalue weighted by molar-refractivity contribution is -0.117. The van der Waals surface area contributed by atoms with Crippen LogP contribution in [0.5, 0.6) is 0 Å². The molecule has 0 radical (unpaired) electrons. The fourth-order valence-corrected chi connectivity index (χ4v) is 2.75. The third kappa shape index (κ3) is 3.66. The molecule has 1 fully saturated rings. The highest BCUT2D eigenvalue weighted by molar-refractivity contribution is 5.92. The van der Waals surface area contributed by atoms with Crippen molar-refractivity contribution in [2.24, 2.45) is 0 Å². The van der Waals surface area contributed by atoms with E-state index in [9.17, 15) is 4.79 Å². The molecule has 1 aliphatic heterocycles. The molecule has 2 aromatic rings. The van der Waals surface area contributed by atoms with Crippen LogP contribution < -0.4 is 5.32 Å². The van der Waals surface area contributed by atoms with Crippen LogP contribution >= 0.6 is 0 Å². The van der Waals surface area contributed by atoms with Gasteiger partial charge in [0.15, 0.2) is 0 Å². The maximum atomic E-state index is 12.1. The molecule has 1 amide bonds. The van der Waals surface area contributed by atoms with E-state index in [0.29, 0.717) is 12.6 Å². The minimum Gasteiger partial charge on any atom is -0.325 e. The molecule has 0 aromatic carbocycles. The number of carbonyl (C=O) groups excluding carboxylic acids is 1. The third-order valence-corrected chi connectivity index (χ3v) is 3.77. The molecule has 1 atom stereocenters. The van der Waals surface area contributed by atoms with Crippen molar-refractivity contribution >= 4 is 11.6 Å². The number of carbonyl (C=O) groups is 1. The largest absolute Gasteiger partial charge is 0.325 e. The second kappa shape index (κ2) is 6.49. The van der Waals surface area contributed by atoms with Crippen LogP contribution in [-0.4, -0.2) is 44.7 Å². The van der Waals surface area contributed by atoms with Crippen LogP contribution in [0.15, 0.2) is 43.0 Å². The molecule has 110 valence electrons. The van der Waals surface area contributed by atoms with Crippen molar-refractivity contribution in [2.45, 2.75) is 25.4 Å². The average Bonchev–Trinajstić information content (AvgIpc) is 3.13. The standard InChI is InChI=1S/C15H19N5O/c21-15(18-13-4-7-16-8-5-13)12-19-9-1-3-14(19)11-20-10-2-6-17-20/h2,4-8,10,14H,1,3,9,11-12H2,(H,16,18,21). The molecular formula is C15H19N5O. The van der Waals surface area contributed by atoms with E-state index < -0.39 is 0 Å². The van der Waals surface area contributed by atoms with Crippen LogP contribution in [0, 0.1) is 0 Å². The summed E-state index contributed by atoms with van der Waals surface area (Å²) in [6, 6.07) is 5.90. The molecule has 1 aliphatic rings. The van der Waals surface area contributed by atoms with Crippen LogP contribution in [0.4, 0.5) is 5.69 Å². The Morgan fingerprint density at radius 3 is 2.95 bits per heavy atom. The molecule has 0 saturated carbocycles. The van der Waals surface area contributed by atoms with Crippen LogP contribution in [-0.2, 0) is 11.3 Å². The van der Waals surface area contributed by atoms with Crippen LogP contribution in [0.25, 0.3) is 0 Å². The minimum atomic E-state index is 0.0218. The van der Waals surface area contributed by atoms with Gasteiger partial charge in [-0.05, 0) is 37.6 Å². The molecule has 0 bridgehead atoms. The Labute approximate surface area is 123 Å². The summed E-state index contributed by atoms with van der Waals surface area (Å²) in [7, 11) is 0. The molecule has 1 saturated heterocycles. The maximum absolute atomic E-state index is 12.1. The Morgan fingerprint density at radius 1 is 1.33 bits per heavy atom. The number of likely N-dealkylation sites (tertiary alicyclic amines) is 1. The lowest BCUT2D eigenvalue weighted by Crippen LogP contribution is -2.39. The predicted octanol–water partition coefficient (Wildman–Crippen LogP) is 1.38. The van der Waals surface area contributed by atoms with Gasteiger partial charge in [-0.15, -0.1) is 0 Å². The van der Waals surface area contributed by atoms with E-state index in [2.05, 4.69) is 20.3 Å². The van der Waals surface area contributed by atoms with Gasteiger partial charge in [0, 0.05) is 36.5 Å². The minimum absolute atomic E-state index is 0.0218. The maximum Gasteiger partial charge on any atom is 0.238 e. The van der Waals surface area contributed by atoms with Gasteiger partial charge in [0.2, 0.25) is 5.91 Å². The molecule has 1 N–H and O–H groups in total. The zero-order chi connectivity index (χ0) is 14.5. The van der Waals surface area contributed by atoms with Crippen LogP contribution in [0.2, 0.25) is 0 Å². The Balaban J connectivity index is 1.54. The van der Waals surface area contributed by atoms with Crippen LogP contribution in [0.1, 0.15) is 12.8 Å². The lowest BCUT2D eigenvalue weighted by atomic mass is 10.2. The van der Waals surface area contributed by atoms with Crippen molar-refractivity contribution in [3.8, 4) is 0 Å². The van der Waals surface area contributed by atoms with E-state index in [0.717, 1.165) is 31.6 Å². The highest BCUT2D eigenvalue weighted by Gasteiger charge is 2.26. The number of rotatable bonds is 5. The van der Waals surface area contributed by atoms with Gasteiger partial charge < -0.3 is 5.32 Å². The molecule has 6 heteroatoms. The Bertz CT molecular complexity index is 569. The number of pyridine rings is 1. The first kappa shape index (κ1) is 13.8. The van der Waals surface area contributed by atoms with Gasteiger partial charge in [-0.3, -0.25) is 19.4 Å². The summed E-state index contributed by atoms with van der Waals surface area (Å²) in [5, 5.41) is 7.15. The van der Waals surface area contributed by atoms with Gasteiger partial charge in [0.05, 0.1) is 13.1 Å². The third-order valence-electron chi connectivity index (χ3n) is 3.77. The number of anilines is 1. The van der Waals surface area contributed by atoms with E-state index in [1.165, 1.54) is 0 Å².